The number of likely N-dealkylation sites (N-methyl/N-ethyl adjacent to an activating group) is 1. The van der Waals surface area contributed by atoms with Crippen LogP contribution in [0.5, 0.6) is 5.75 Å². The highest BCUT2D eigenvalue weighted by atomic mass is 32.2. The number of nitrogens with zero attached hydrogens (tertiary/aromatic N) is 2. The summed E-state index contributed by atoms with van der Waals surface area (Å²) in [5.41, 5.74) is -0.666. The van der Waals surface area contributed by atoms with E-state index >= 15 is 0 Å². The molecule has 3 aromatic rings. The van der Waals surface area contributed by atoms with Gasteiger partial charge in [0, 0.05) is 30.9 Å². The lowest BCUT2D eigenvalue weighted by atomic mass is 9.99. The summed E-state index contributed by atoms with van der Waals surface area (Å²) < 4.78 is 86.3. The van der Waals surface area contributed by atoms with E-state index in [1.807, 2.05) is 0 Å². The Kier molecular flexibility index (Phi) is 9.92. The smallest absolute Gasteiger partial charge is 0.416 e. The van der Waals surface area contributed by atoms with Gasteiger partial charge >= 0.3 is 12.2 Å². The average Bonchev–Trinajstić information content (AvgIpc) is 2.98. The maximum Gasteiger partial charge on any atom is 0.416 e. The van der Waals surface area contributed by atoms with E-state index in [0.717, 1.165) is 48.5 Å². The predicted molar refractivity (Wildman–Crippen MR) is 158 cm³/mol. The topological polar surface area (TPSA) is 128 Å². The number of carbonyl (C=O) groups is 2. The van der Waals surface area contributed by atoms with Crippen LogP contribution in [0.2, 0.25) is 0 Å². The number of amides is 3. The van der Waals surface area contributed by atoms with Crippen LogP contribution in [0.4, 0.5) is 33.7 Å². The van der Waals surface area contributed by atoms with Crippen molar-refractivity contribution in [2.24, 2.45) is 5.92 Å². The standard InChI is InChI=1S/C30H32F4N4O6S/c1-18-15-38(19(2)17-39)28(40)25-14-23(36-45(42,43)24-11-6-21(31)7-12-24)10-13-26(25)44-27(18)16-37(3)29(41)35-22-8-4-20(5-9-22)30(32,33)34/h4-14,18-19,27,36,39H,15-17H2,1-3H3,(H,35,41). The zero-order valence-corrected chi connectivity index (χ0v) is 25.3. The third-order valence-electron chi connectivity index (χ3n) is 7.30. The normalized spacial score (nSPS) is 17.8. The second kappa shape index (κ2) is 13.3. The Morgan fingerprint density at radius 3 is 2.31 bits per heavy atom. The van der Waals surface area contributed by atoms with Crippen LogP contribution < -0.4 is 14.8 Å². The number of benzene rings is 3. The number of halogens is 4. The molecular formula is C30H32F4N4O6S. The van der Waals surface area contributed by atoms with Crippen molar-refractivity contribution in [3.63, 3.8) is 0 Å². The molecule has 0 radical (unpaired) electrons. The van der Waals surface area contributed by atoms with Gasteiger partial charge in [0.1, 0.15) is 17.7 Å². The molecule has 3 N–H and O–H groups in total. The van der Waals surface area contributed by atoms with Crippen LogP contribution in [0.3, 0.4) is 0 Å². The van der Waals surface area contributed by atoms with Crippen LogP contribution >= 0.6 is 0 Å². The van der Waals surface area contributed by atoms with Gasteiger partial charge in [0.05, 0.1) is 35.2 Å². The third-order valence-corrected chi connectivity index (χ3v) is 8.70. The number of aliphatic hydroxyl groups excluding tert-OH is 1. The minimum absolute atomic E-state index is 0.00155. The van der Waals surface area contributed by atoms with E-state index in [2.05, 4.69) is 10.0 Å². The van der Waals surface area contributed by atoms with Crippen molar-refractivity contribution < 1.29 is 45.4 Å². The van der Waals surface area contributed by atoms with Crippen LogP contribution in [-0.2, 0) is 16.2 Å². The van der Waals surface area contributed by atoms with Crippen LogP contribution in [0.1, 0.15) is 29.8 Å². The Balaban J connectivity index is 1.57. The maximum atomic E-state index is 13.7. The number of aliphatic hydroxyl groups is 1. The molecule has 0 fully saturated rings. The summed E-state index contributed by atoms with van der Waals surface area (Å²) >= 11 is 0. The molecule has 0 saturated carbocycles. The van der Waals surface area contributed by atoms with Crippen molar-refractivity contribution in [2.75, 3.05) is 36.8 Å². The number of ether oxygens (including phenoxy) is 1. The number of urea groups is 1. The van der Waals surface area contributed by atoms with Crippen LogP contribution in [0.15, 0.2) is 71.6 Å². The molecular weight excluding hydrogens is 620 g/mol. The Morgan fingerprint density at radius 2 is 1.71 bits per heavy atom. The monoisotopic (exact) mass is 652 g/mol. The lowest BCUT2D eigenvalue weighted by Crippen LogP contribution is -2.50. The number of fused-ring (bicyclic) bond motifs is 1. The molecule has 242 valence electrons. The minimum atomic E-state index is -4.52. The summed E-state index contributed by atoms with van der Waals surface area (Å²) in [6.45, 7) is 3.21. The molecule has 0 aromatic heterocycles. The SMILES string of the molecule is CC1CN(C(C)CO)C(=O)c2cc(NS(=O)(=O)c3ccc(F)cc3)ccc2OC1CN(C)C(=O)Nc1ccc(C(F)(F)F)cc1. The highest BCUT2D eigenvalue weighted by Crippen LogP contribution is 2.32. The fourth-order valence-electron chi connectivity index (χ4n) is 4.65. The van der Waals surface area contributed by atoms with E-state index in [0.29, 0.717) is 0 Å². The Morgan fingerprint density at radius 1 is 1.09 bits per heavy atom. The molecule has 0 spiro atoms. The van der Waals surface area contributed by atoms with Crippen molar-refractivity contribution in [1.82, 2.24) is 9.80 Å². The molecule has 1 heterocycles. The Labute approximate surface area is 257 Å². The Hall–Kier alpha value is -4.37. The number of anilines is 2. The Bertz CT molecular complexity index is 1640. The van der Waals surface area contributed by atoms with Gasteiger partial charge in [-0.1, -0.05) is 6.92 Å². The molecule has 10 nitrogen and oxygen atoms in total. The lowest BCUT2D eigenvalue weighted by molar-refractivity contribution is -0.137. The molecule has 0 aliphatic carbocycles. The van der Waals surface area contributed by atoms with Gasteiger partial charge in [0.15, 0.2) is 0 Å². The largest absolute Gasteiger partial charge is 0.487 e. The minimum Gasteiger partial charge on any atom is -0.487 e. The second-order valence-electron chi connectivity index (χ2n) is 10.8. The molecule has 3 amide bonds. The van der Waals surface area contributed by atoms with Gasteiger partial charge in [-0.05, 0) is 73.7 Å². The van der Waals surface area contributed by atoms with Crippen molar-refractivity contribution in [3.05, 3.63) is 83.7 Å². The van der Waals surface area contributed by atoms with Crippen LogP contribution in [0, 0.1) is 11.7 Å². The summed E-state index contributed by atoms with van der Waals surface area (Å²) in [6, 6.07) is 11.0. The zero-order valence-electron chi connectivity index (χ0n) is 24.5. The van der Waals surface area contributed by atoms with E-state index in [-0.39, 0.29) is 53.2 Å². The van der Waals surface area contributed by atoms with E-state index in [4.69, 9.17) is 4.74 Å². The van der Waals surface area contributed by atoms with Crippen LogP contribution in [-0.4, -0.2) is 74.2 Å². The van der Waals surface area contributed by atoms with Crippen LogP contribution in [0.25, 0.3) is 0 Å². The number of sulfonamides is 1. The first-order chi connectivity index (χ1) is 21.1. The number of hydrogen-bond acceptors (Lipinski definition) is 6. The first-order valence-electron chi connectivity index (χ1n) is 13.8. The van der Waals surface area contributed by atoms with Gasteiger partial charge < -0.3 is 25.0 Å². The lowest BCUT2D eigenvalue weighted by Gasteiger charge is -2.38. The van der Waals surface area contributed by atoms with Crippen molar-refractivity contribution in [3.8, 4) is 5.75 Å². The number of carbonyl (C=O) groups excluding carboxylic acids is 2. The zero-order chi connectivity index (χ0) is 33.1. The van der Waals surface area contributed by atoms with E-state index < -0.39 is 51.7 Å². The first-order valence-corrected chi connectivity index (χ1v) is 15.3. The molecule has 3 aromatic carbocycles. The van der Waals surface area contributed by atoms with Gasteiger partial charge in [-0.2, -0.15) is 13.2 Å². The molecule has 3 atom stereocenters. The van der Waals surface area contributed by atoms with Crippen molar-refractivity contribution in [2.45, 2.75) is 37.1 Å². The third kappa shape index (κ3) is 8.02. The summed E-state index contributed by atoms with van der Waals surface area (Å²) in [6.07, 6.45) is -5.21. The predicted octanol–water partition coefficient (Wildman–Crippen LogP) is 5.03. The van der Waals surface area contributed by atoms with Crippen molar-refractivity contribution in [1.29, 1.82) is 0 Å². The number of alkyl halides is 3. The molecule has 1 aliphatic heterocycles. The molecule has 0 saturated heterocycles. The molecule has 15 heteroatoms. The van der Waals surface area contributed by atoms with E-state index in [1.165, 1.54) is 35.0 Å². The fraction of sp³-hybridized carbons (Fsp3) is 0.333. The van der Waals surface area contributed by atoms with Gasteiger partial charge in [-0.3, -0.25) is 9.52 Å². The van der Waals surface area contributed by atoms with E-state index in [9.17, 15) is 40.7 Å². The van der Waals surface area contributed by atoms with E-state index in [1.54, 1.807) is 13.8 Å². The van der Waals surface area contributed by atoms with Gasteiger partial charge in [0.25, 0.3) is 15.9 Å². The highest BCUT2D eigenvalue weighted by molar-refractivity contribution is 7.92. The number of nitrogens with one attached hydrogen (secondary N) is 2. The van der Waals surface area contributed by atoms with Gasteiger partial charge in [0.2, 0.25) is 0 Å². The molecule has 4 rings (SSSR count). The average molecular weight is 653 g/mol. The number of hydrogen-bond donors (Lipinski definition) is 3. The molecule has 1 aliphatic rings. The quantitative estimate of drug-likeness (QED) is 0.293. The maximum absolute atomic E-state index is 13.7. The molecule has 0 bridgehead atoms. The summed E-state index contributed by atoms with van der Waals surface area (Å²) in [5, 5.41) is 12.4. The van der Waals surface area contributed by atoms with Gasteiger partial charge in [-0.25, -0.2) is 17.6 Å². The second-order valence-corrected chi connectivity index (χ2v) is 12.5. The number of rotatable bonds is 8. The first kappa shape index (κ1) is 33.5. The molecule has 3 unspecified atom stereocenters. The summed E-state index contributed by atoms with van der Waals surface area (Å²) in [5.74, 6) is -1.39. The van der Waals surface area contributed by atoms with Crippen molar-refractivity contribution >= 4 is 33.3 Å². The van der Waals surface area contributed by atoms with Gasteiger partial charge in [-0.15, -0.1) is 0 Å². The molecule has 45 heavy (non-hydrogen) atoms. The summed E-state index contributed by atoms with van der Waals surface area (Å²) in [4.78, 5) is 29.1. The summed E-state index contributed by atoms with van der Waals surface area (Å²) in [7, 11) is -2.66. The fourth-order valence-corrected chi connectivity index (χ4v) is 5.70. The highest BCUT2D eigenvalue weighted by Gasteiger charge is 2.35.